The highest BCUT2D eigenvalue weighted by atomic mass is 16.5. The van der Waals surface area contributed by atoms with Crippen molar-refractivity contribution in [1.29, 1.82) is 0 Å². The Hall–Kier alpha value is -1.72. The zero-order chi connectivity index (χ0) is 12.4. The number of ether oxygens (including phenoxy) is 1. The van der Waals surface area contributed by atoms with Gasteiger partial charge < -0.3 is 9.84 Å². The summed E-state index contributed by atoms with van der Waals surface area (Å²) in [7, 11) is 1.66. The Labute approximate surface area is 102 Å². The molecule has 88 valence electrons. The summed E-state index contributed by atoms with van der Waals surface area (Å²) in [6.07, 6.45) is 7.18. The third-order valence-corrected chi connectivity index (χ3v) is 3.23. The summed E-state index contributed by atoms with van der Waals surface area (Å²) in [5.41, 5.74) is 3.30. The van der Waals surface area contributed by atoms with Crippen LogP contribution in [0.25, 0.3) is 6.08 Å². The minimum atomic E-state index is -0.524. The number of benzene rings is 1. The monoisotopic (exact) mass is 228 g/mol. The molecule has 0 radical (unpaired) electrons. The fourth-order valence-corrected chi connectivity index (χ4v) is 2.48. The molecule has 0 aromatic heterocycles. The second kappa shape index (κ2) is 4.65. The molecule has 2 rings (SSSR count). The predicted octanol–water partition coefficient (Wildman–Crippen LogP) is 2.58. The molecule has 0 fully saturated rings. The Morgan fingerprint density at radius 1 is 1.53 bits per heavy atom. The summed E-state index contributed by atoms with van der Waals surface area (Å²) >= 11 is 0. The fourth-order valence-electron chi connectivity index (χ4n) is 2.48. The van der Waals surface area contributed by atoms with Gasteiger partial charge in [-0.3, -0.25) is 0 Å². The van der Waals surface area contributed by atoms with Crippen molar-refractivity contribution in [2.75, 3.05) is 7.11 Å². The normalized spacial score (nSPS) is 19.2. The molecule has 0 amide bonds. The van der Waals surface area contributed by atoms with Crippen LogP contribution in [0.15, 0.2) is 23.8 Å². The van der Waals surface area contributed by atoms with Gasteiger partial charge in [-0.2, -0.15) is 0 Å². The Kier molecular flexibility index (Phi) is 3.21. The van der Waals surface area contributed by atoms with Crippen LogP contribution in [0.2, 0.25) is 0 Å². The Balaban J connectivity index is 2.43. The number of hydrogen-bond acceptors (Lipinski definition) is 2. The lowest BCUT2D eigenvalue weighted by molar-refractivity contribution is 0.162. The highest BCUT2D eigenvalue weighted by molar-refractivity contribution is 5.71. The van der Waals surface area contributed by atoms with Crippen LogP contribution in [0.4, 0.5) is 0 Å². The molecule has 2 unspecified atom stereocenters. The van der Waals surface area contributed by atoms with Gasteiger partial charge in [0, 0.05) is 17.9 Å². The van der Waals surface area contributed by atoms with Crippen LogP contribution < -0.4 is 4.74 Å². The van der Waals surface area contributed by atoms with Crippen LogP contribution in [0.1, 0.15) is 30.4 Å². The van der Waals surface area contributed by atoms with E-state index in [4.69, 9.17) is 11.2 Å². The molecule has 1 aliphatic carbocycles. The lowest BCUT2D eigenvalue weighted by Gasteiger charge is -2.19. The van der Waals surface area contributed by atoms with Crippen molar-refractivity contribution in [1.82, 2.24) is 0 Å². The van der Waals surface area contributed by atoms with Gasteiger partial charge in [0.25, 0.3) is 0 Å². The Morgan fingerprint density at radius 3 is 2.94 bits per heavy atom. The topological polar surface area (TPSA) is 29.5 Å². The van der Waals surface area contributed by atoms with Crippen molar-refractivity contribution in [3.63, 3.8) is 0 Å². The standard InChI is InChI=1S/C15H16O2/c1-4-6-13(16)15-10(2)9-12-11(15)7-5-8-14(12)17-3/h1,5,7-9,13,15-16H,6H2,2-3H3. The first-order valence-electron chi connectivity index (χ1n) is 5.65. The zero-order valence-electron chi connectivity index (χ0n) is 10.1. The second-order valence-electron chi connectivity index (χ2n) is 4.30. The molecule has 1 aromatic carbocycles. The molecule has 2 atom stereocenters. The summed E-state index contributed by atoms with van der Waals surface area (Å²) < 4.78 is 5.33. The Morgan fingerprint density at radius 2 is 2.29 bits per heavy atom. The maximum atomic E-state index is 10.1. The maximum absolute atomic E-state index is 10.1. The molecule has 0 saturated carbocycles. The third-order valence-electron chi connectivity index (χ3n) is 3.23. The van der Waals surface area contributed by atoms with Gasteiger partial charge in [-0.15, -0.1) is 12.3 Å². The van der Waals surface area contributed by atoms with Gasteiger partial charge in [0.2, 0.25) is 0 Å². The van der Waals surface area contributed by atoms with E-state index in [1.807, 2.05) is 25.1 Å². The van der Waals surface area contributed by atoms with Crippen molar-refractivity contribution in [3.05, 3.63) is 34.9 Å². The van der Waals surface area contributed by atoms with Gasteiger partial charge in [0.05, 0.1) is 13.2 Å². The lowest BCUT2D eigenvalue weighted by atomic mass is 9.89. The van der Waals surface area contributed by atoms with E-state index in [2.05, 4.69) is 12.0 Å². The van der Waals surface area contributed by atoms with Crippen molar-refractivity contribution in [3.8, 4) is 18.1 Å². The Bertz CT molecular complexity index is 494. The molecule has 1 aromatic rings. The molecular weight excluding hydrogens is 212 g/mol. The second-order valence-corrected chi connectivity index (χ2v) is 4.30. The molecule has 17 heavy (non-hydrogen) atoms. The fraction of sp³-hybridized carbons (Fsp3) is 0.333. The van der Waals surface area contributed by atoms with Crippen LogP contribution >= 0.6 is 0 Å². The minimum Gasteiger partial charge on any atom is -0.496 e. The maximum Gasteiger partial charge on any atom is 0.126 e. The number of methoxy groups -OCH3 is 1. The average Bonchev–Trinajstić information content (AvgIpc) is 2.65. The quantitative estimate of drug-likeness (QED) is 0.806. The zero-order valence-corrected chi connectivity index (χ0v) is 10.1. The third kappa shape index (κ3) is 1.94. The molecule has 0 spiro atoms. The van der Waals surface area contributed by atoms with Gasteiger partial charge in [0.15, 0.2) is 0 Å². The van der Waals surface area contributed by atoms with E-state index in [0.29, 0.717) is 6.42 Å². The van der Waals surface area contributed by atoms with Crippen molar-refractivity contribution >= 4 is 6.08 Å². The van der Waals surface area contributed by atoms with Gasteiger partial charge in [0.1, 0.15) is 5.75 Å². The molecule has 0 aliphatic heterocycles. The molecule has 2 heteroatoms. The number of fused-ring (bicyclic) bond motifs is 1. The molecule has 0 heterocycles. The van der Waals surface area contributed by atoms with E-state index < -0.39 is 6.10 Å². The van der Waals surface area contributed by atoms with E-state index >= 15 is 0 Å². The molecule has 2 nitrogen and oxygen atoms in total. The average molecular weight is 228 g/mol. The van der Waals surface area contributed by atoms with Crippen LogP contribution in [0, 0.1) is 12.3 Å². The summed E-state index contributed by atoms with van der Waals surface area (Å²) in [6, 6.07) is 5.90. The molecule has 1 aliphatic rings. The predicted molar refractivity (Wildman–Crippen MR) is 68.8 cm³/mol. The van der Waals surface area contributed by atoms with Gasteiger partial charge in [-0.25, -0.2) is 0 Å². The molecular formula is C15H16O2. The lowest BCUT2D eigenvalue weighted by Crippen LogP contribution is -2.17. The van der Waals surface area contributed by atoms with E-state index in [1.54, 1.807) is 7.11 Å². The summed E-state index contributed by atoms with van der Waals surface area (Å²) in [6.45, 7) is 2.02. The summed E-state index contributed by atoms with van der Waals surface area (Å²) in [5, 5.41) is 10.1. The van der Waals surface area contributed by atoms with Crippen LogP contribution in [-0.2, 0) is 0 Å². The van der Waals surface area contributed by atoms with Gasteiger partial charge in [-0.05, 0) is 18.6 Å². The van der Waals surface area contributed by atoms with Crippen LogP contribution in [0.5, 0.6) is 5.75 Å². The van der Waals surface area contributed by atoms with Crippen LogP contribution in [-0.4, -0.2) is 18.3 Å². The van der Waals surface area contributed by atoms with Gasteiger partial charge in [-0.1, -0.05) is 23.8 Å². The number of terminal acetylenes is 1. The van der Waals surface area contributed by atoms with E-state index in [0.717, 1.165) is 22.4 Å². The number of aliphatic hydroxyl groups excluding tert-OH is 1. The minimum absolute atomic E-state index is 0.00356. The first-order valence-corrected chi connectivity index (χ1v) is 5.65. The van der Waals surface area contributed by atoms with Crippen molar-refractivity contribution in [2.45, 2.75) is 25.4 Å². The number of hydrogen-bond donors (Lipinski definition) is 1. The van der Waals surface area contributed by atoms with Crippen molar-refractivity contribution in [2.24, 2.45) is 0 Å². The first kappa shape index (κ1) is 11.8. The number of rotatable bonds is 3. The SMILES string of the molecule is C#CCC(O)C1C(C)=Cc2c(OC)cccc21. The van der Waals surface area contributed by atoms with Crippen LogP contribution in [0.3, 0.4) is 0 Å². The highest BCUT2D eigenvalue weighted by Crippen LogP contribution is 2.42. The summed E-state index contributed by atoms with van der Waals surface area (Å²) in [5.74, 6) is 3.36. The van der Waals surface area contributed by atoms with Gasteiger partial charge >= 0.3 is 0 Å². The summed E-state index contributed by atoms with van der Waals surface area (Å²) in [4.78, 5) is 0. The smallest absolute Gasteiger partial charge is 0.126 e. The largest absolute Gasteiger partial charge is 0.496 e. The van der Waals surface area contributed by atoms with E-state index in [9.17, 15) is 5.11 Å². The molecule has 1 N–H and O–H groups in total. The molecule has 0 saturated heterocycles. The van der Waals surface area contributed by atoms with E-state index in [1.165, 1.54) is 0 Å². The number of aliphatic hydroxyl groups is 1. The van der Waals surface area contributed by atoms with Crippen molar-refractivity contribution < 1.29 is 9.84 Å². The molecule has 0 bridgehead atoms. The van der Waals surface area contributed by atoms with E-state index in [-0.39, 0.29) is 5.92 Å². The highest BCUT2D eigenvalue weighted by Gasteiger charge is 2.29. The first-order chi connectivity index (χ1) is 8.19.